The molecule has 58 valence electrons. The third-order valence-corrected chi connectivity index (χ3v) is 0.847. The van der Waals surface area contributed by atoms with Crippen LogP contribution in [0.15, 0.2) is 0 Å². The first-order valence-electron chi connectivity index (χ1n) is 3.53. The monoisotopic (exact) mass is 142 g/mol. The highest BCUT2D eigenvalue weighted by Crippen LogP contribution is 1.76. The van der Waals surface area contributed by atoms with Crippen molar-refractivity contribution in [2.45, 2.75) is 20.3 Å². The Morgan fingerprint density at radius 2 is 1.90 bits per heavy atom. The second kappa shape index (κ2) is 8.48. The van der Waals surface area contributed by atoms with Gasteiger partial charge in [-0.3, -0.25) is 0 Å². The Morgan fingerprint density at radius 3 is 2.50 bits per heavy atom. The minimum Gasteiger partial charge on any atom is -0.356 e. The van der Waals surface area contributed by atoms with Gasteiger partial charge >= 0.3 is 0 Å². The SMILES string of the molecule is CCC#CCOCOCC. The van der Waals surface area contributed by atoms with Gasteiger partial charge in [0.15, 0.2) is 0 Å². The molecule has 0 bridgehead atoms. The fourth-order valence-electron chi connectivity index (χ4n) is 0.411. The fourth-order valence-corrected chi connectivity index (χ4v) is 0.411. The Hall–Kier alpha value is -0.520. The molecule has 2 nitrogen and oxygen atoms in total. The second-order valence-electron chi connectivity index (χ2n) is 1.67. The lowest BCUT2D eigenvalue weighted by Crippen LogP contribution is -1.98. The van der Waals surface area contributed by atoms with Gasteiger partial charge in [-0.25, -0.2) is 0 Å². The predicted octanol–water partition coefficient (Wildman–Crippen LogP) is 1.41. The molecule has 0 saturated carbocycles. The summed E-state index contributed by atoms with van der Waals surface area (Å²) >= 11 is 0. The van der Waals surface area contributed by atoms with Crippen molar-refractivity contribution >= 4 is 0 Å². The zero-order valence-electron chi connectivity index (χ0n) is 6.64. The van der Waals surface area contributed by atoms with Crippen LogP contribution in [0.3, 0.4) is 0 Å². The van der Waals surface area contributed by atoms with Gasteiger partial charge in [-0.05, 0) is 6.92 Å². The van der Waals surface area contributed by atoms with Crippen molar-refractivity contribution in [1.82, 2.24) is 0 Å². The molecule has 0 atom stereocenters. The van der Waals surface area contributed by atoms with Crippen LogP contribution in [-0.4, -0.2) is 20.0 Å². The van der Waals surface area contributed by atoms with E-state index in [1.165, 1.54) is 0 Å². The zero-order chi connectivity index (χ0) is 7.66. The first-order chi connectivity index (χ1) is 4.91. The Bertz CT molecular complexity index is 110. The van der Waals surface area contributed by atoms with E-state index >= 15 is 0 Å². The van der Waals surface area contributed by atoms with Crippen LogP contribution in [0.2, 0.25) is 0 Å². The molecule has 0 spiro atoms. The predicted molar refractivity (Wildman–Crippen MR) is 40.5 cm³/mol. The smallest absolute Gasteiger partial charge is 0.148 e. The van der Waals surface area contributed by atoms with Gasteiger partial charge in [-0.1, -0.05) is 12.8 Å². The lowest BCUT2D eigenvalue weighted by Gasteiger charge is -1.97. The van der Waals surface area contributed by atoms with Gasteiger partial charge in [-0.15, -0.1) is 5.92 Å². The van der Waals surface area contributed by atoms with Crippen LogP contribution in [0, 0.1) is 11.8 Å². The van der Waals surface area contributed by atoms with E-state index in [9.17, 15) is 0 Å². The summed E-state index contributed by atoms with van der Waals surface area (Å²) in [5.41, 5.74) is 0. The summed E-state index contributed by atoms with van der Waals surface area (Å²) in [7, 11) is 0. The highest BCUT2D eigenvalue weighted by molar-refractivity contribution is 4.97. The Labute approximate surface area is 62.5 Å². The summed E-state index contributed by atoms with van der Waals surface area (Å²) in [4.78, 5) is 0. The minimum absolute atomic E-state index is 0.356. The highest BCUT2D eigenvalue weighted by Gasteiger charge is 1.79. The van der Waals surface area contributed by atoms with E-state index < -0.39 is 0 Å². The van der Waals surface area contributed by atoms with Crippen molar-refractivity contribution in [3.05, 3.63) is 0 Å². The van der Waals surface area contributed by atoms with Gasteiger partial charge in [0.2, 0.25) is 0 Å². The normalized spacial score (nSPS) is 8.60. The van der Waals surface area contributed by atoms with Gasteiger partial charge in [0.25, 0.3) is 0 Å². The average molecular weight is 142 g/mol. The van der Waals surface area contributed by atoms with Crippen molar-refractivity contribution in [2.75, 3.05) is 20.0 Å². The molecule has 0 unspecified atom stereocenters. The van der Waals surface area contributed by atoms with Crippen LogP contribution in [0.5, 0.6) is 0 Å². The Balaban J connectivity index is 2.90. The zero-order valence-corrected chi connectivity index (χ0v) is 6.64. The topological polar surface area (TPSA) is 18.5 Å². The van der Waals surface area contributed by atoms with Crippen LogP contribution in [0.4, 0.5) is 0 Å². The van der Waals surface area contributed by atoms with Gasteiger partial charge in [0, 0.05) is 13.0 Å². The molecule has 10 heavy (non-hydrogen) atoms. The fraction of sp³-hybridized carbons (Fsp3) is 0.750. The molecule has 0 aliphatic carbocycles. The lowest BCUT2D eigenvalue weighted by atomic mass is 10.5. The van der Waals surface area contributed by atoms with E-state index in [0.29, 0.717) is 20.0 Å². The van der Waals surface area contributed by atoms with Gasteiger partial charge in [-0.2, -0.15) is 0 Å². The maximum absolute atomic E-state index is 4.98. The van der Waals surface area contributed by atoms with Crippen LogP contribution in [0.1, 0.15) is 20.3 Å². The van der Waals surface area contributed by atoms with Crippen LogP contribution < -0.4 is 0 Å². The van der Waals surface area contributed by atoms with E-state index in [1.54, 1.807) is 0 Å². The van der Waals surface area contributed by atoms with Crippen LogP contribution in [0.25, 0.3) is 0 Å². The summed E-state index contributed by atoms with van der Waals surface area (Å²) in [5.74, 6) is 5.74. The molecule has 0 aromatic rings. The molecule has 0 saturated heterocycles. The van der Waals surface area contributed by atoms with Gasteiger partial charge < -0.3 is 9.47 Å². The standard InChI is InChI=1S/C8H14O2/c1-3-5-6-7-10-8-9-4-2/h3-4,7-8H2,1-2H3. The molecular weight excluding hydrogens is 128 g/mol. The molecule has 0 radical (unpaired) electrons. The maximum atomic E-state index is 4.98. The van der Waals surface area contributed by atoms with E-state index in [0.717, 1.165) is 6.42 Å². The largest absolute Gasteiger partial charge is 0.356 e. The number of ether oxygens (including phenoxy) is 2. The molecule has 0 fully saturated rings. The molecule has 0 aromatic carbocycles. The molecule has 0 heterocycles. The van der Waals surface area contributed by atoms with Crippen molar-refractivity contribution < 1.29 is 9.47 Å². The third kappa shape index (κ3) is 7.48. The van der Waals surface area contributed by atoms with E-state index in [-0.39, 0.29) is 0 Å². The first-order valence-corrected chi connectivity index (χ1v) is 3.53. The summed E-state index contributed by atoms with van der Waals surface area (Å²) in [5, 5.41) is 0. The summed E-state index contributed by atoms with van der Waals surface area (Å²) in [6.45, 7) is 5.47. The second-order valence-corrected chi connectivity index (χ2v) is 1.67. The molecule has 0 N–H and O–H groups in total. The van der Waals surface area contributed by atoms with Crippen molar-refractivity contribution in [1.29, 1.82) is 0 Å². The highest BCUT2D eigenvalue weighted by atomic mass is 16.7. The Morgan fingerprint density at radius 1 is 1.10 bits per heavy atom. The molecule has 0 aromatic heterocycles. The summed E-state index contributed by atoms with van der Waals surface area (Å²) in [6.07, 6.45) is 0.887. The quantitative estimate of drug-likeness (QED) is 0.335. The van der Waals surface area contributed by atoms with E-state index in [2.05, 4.69) is 11.8 Å². The summed E-state index contributed by atoms with van der Waals surface area (Å²) < 4.78 is 9.90. The summed E-state index contributed by atoms with van der Waals surface area (Å²) in [6, 6.07) is 0. The number of hydrogen-bond donors (Lipinski definition) is 0. The van der Waals surface area contributed by atoms with Crippen molar-refractivity contribution in [2.24, 2.45) is 0 Å². The van der Waals surface area contributed by atoms with Crippen LogP contribution >= 0.6 is 0 Å². The molecular formula is C8H14O2. The van der Waals surface area contributed by atoms with Crippen LogP contribution in [-0.2, 0) is 9.47 Å². The number of rotatable bonds is 4. The van der Waals surface area contributed by atoms with Gasteiger partial charge in [0.1, 0.15) is 13.4 Å². The third-order valence-electron chi connectivity index (χ3n) is 0.847. The lowest BCUT2D eigenvalue weighted by molar-refractivity contribution is -0.0371. The maximum Gasteiger partial charge on any atom is 0.148 e. The molecule has 0 amide bonds. The number of hydrogen-bond acceptors (Lipinski definition) is 2. The average Bonchev–Trinajstić information content (AvgIpc) is 1.97. The Kier molecular flexibility index (Phi) is 8.04. The van der Waals surface area contributed by atoms with E-state index in [1.807, 2.05) is 13.8 Å². The molecule has 0 aliphatic rings. The molecule has 2 heteroatoms. The van der Waals surface area contributed by atoms with E-state index in [4.69, 9.17) is 9.47 Å². The van der Waals surface area contributed by atoms with Crippen molar-refractivity contribution in [3.63, 3.8) is 0 Å². The first kappa shape index (κ1) is 9.48. The van der Waals surface area contributed by atoms with Gasteiger partial charge in [0.05, 0.1) is 0 Å². The molecule has 0 rings (SSSR count). The minimum atomic E-state index is 0.356. The van der Waals surface area contributed by atoms with Crippen molar-refractivity contribution in [3.8, 4) is 11.8 Å². The molecule has 0 aliphatic heterocycles.